The van der Waals surface area contributed by atoms with Crippen LogP contribution in [0.3, 0.4) is 0 Å². The van der Waals surface area contributed by atoms with Crippen molar-refractivity contribution in [3.05, 3.63) is 63.9 Å². The molecule has 0 saturated carbocycles. The fourth-order valence-electron chi connectivity index (χ4n) is 4.06. The Morgan fingerprint density at radius 2 is 1.80 bits per heavy atom. The first-order chi connectivity index (χ1) is 14.6. The lowest BCUT2D eigenvalue weighted by Gasteiger charge is -2.31. The first-order valence-electron chi connectivity index (χ1n) is 10.4. The van der Waals surface area contributed by atoms with E-state index in [4.69, 9.17) is 32.9 Å². The number of fused-ring (bicyclic) bond motifs is 1. The Hall–Kier alpha value is -2.08. The SMILES string of the molecule is CCCC(C(=O)N1CCOCC1)n1c(Cc2c(Cl)cccc2Cl)nc2ccccc21. The maximum atomic E-state index is 13.5. The summed E-state index contributed by atoms with van der Waals surface area (Å²) in [5.41, 5.74) is 2.65. The first kappa shape index (κ1) is 21.2. The van der Waals surface area contributed by atoms with Gasteiger partial charge in [-0.3, -0.25) is 4.79 Å². The summed E-state index contributed by atoms with van der Waals surface area (Å²) in [4.78, 5) is 20.3. The van der Waals surface area contributed by atoms with Crippen molar-refractivity contribution < 1.29 is 9.53 Å². The highest BCUT2D eigenvalue weighted by Gasteiger charge is 2.30. The van der Waals surface area contributed by atoms with Crippen molar-refractivity contribution in [2.45, 2.75) is 32.2 Å². The molecule has 3 aromatic rings. The lowest BCUT2D eigenvalue weighted by atomic mass is 10.1. The fraction of sp³-hybridized carbons (Fsp3) is 0.391. The van der Waals surface area contributed by atoms with E-state index in [2.05, 4.69) is 11.5 Å². The van der Waals surface area contributed by atoms with Crippen LogP contribution in [0, 0.1) is 0 Å². The van der Waals surface area contributed by atoms with Gasteiger partial charge in [-0.15, -0.1) is 0 Å². The number of carbonyl (C=O) groups excluding carboxylic acids is 1. The Balaban J connectivity index is 1.80. The number of nitrogens with zero attached hydrogens (tertiary/aromatic N) is 3. The topological polar surface area (TPSA) is 47.4 Å². The van der Waals surface area contributed by atoms with Crippen molar-refractivity contribution in [3.63, 3.8) is 0 Å². The van der Waals surface area contributed by atoms with Gasteiger partial charge in [0.25, 0.3) is 0 Å². The quantitative estimate of drug-likeness (QED) is 0.527. The van der Waals surface area contributed by atoms with E-state index in [0.29, 0.717) is 42.8 Å². The minimum Gasteiger partial charge on any atom is -0.378 e. The molecule has 2 aromatic carbocycles. The molecule has 0 aliphatic carbocycles. The number of hydrogen-bond donors (Lipinski definition) is 0. The van der Waals surface area contributed by atoms with Gasteiger partial charge in [0.15, 0.2) is 0 Å². The van der Waals surface area contributed by atoms with Crippen molar-refractivity contribution >= 4 is 40.1 Å². The molecule has 5 nitrogen and oxygen atoms in total. The number of benzene rings is 2. The molecular weight excluding hydrogens is 421 g/mol. The summed E-state index contributed by atoms with van der Waals surface area (Å²) < 4.78 is 7.53. The molecule has 1 aliphatic rings. The number of carbonyl (C=O) groups is 1. The van der Waals surface area contributed by atoms with Gasteiger partial charge in [0, 0.05) is 29.6 Å². The third-order valence-corrected chi connectivity index (χ3v) is 6.26. The normalized spacial score (nSPS) is 15.5. The molecule has 1 fully saturated rings. The largest absolute Gasteiger partial charge is 0.378 e. The van der Waals surface area contributed by atoms with E-state index in [9.17, 15) is 4.79 Å². The van der Waals surface area contributed by atoms with Gasteiger partial charge in [-0.2, -0.15) is 0 Å². The summed E-state index contributed by atoms with van der Waals surface area (Å²) in [5, 5.41) is 1.21. The summed E-state index contributed by atoms with van der Waals surface area (Å²) in [6, 6.07) is 13.1. The molecule has 1 unspecified atom stereocenters. The lowest BCUT2D eigenvalue weighted by molar-refractivity contribution is -0.139. The maximum Gasteiger partial charge on any atom is 0.245 e. The number of rotatable bonds is 6. The second-order valence-electron chi connectivity index (χ2n) is 7.51. The van der Waals surface area contributed by atoms with Crippen LogP contribution < -0.4 is 0 Å². The standard InChI is InChI=1S/C23H25Cl2N3O2/c1-2-6-21(23(29)27-11-13-30-14-12-27)28-20-10-4-3-9-19(20)26-22(28)15-16-17(24)7-5-8-18(16)25/h3-5,7-10,21H,2,6,11-15H2,1H3. The molecular formula is C23H25Cl2N3O2. The summed E-state index contributed by atoms with van der Waals surface area (Å²) in [7, 11) is 0. The second-order valence-corrected chi connectivity index (χ2v) is 8.32. The minimum absolute atomic E-state index is 0.120. The number of morpholine rings is 1. The fourth-order valence-corrected chi connectivity index (χ4v) is 4.59. The van der Waals surface area contributed by atoms with Crippen LogP contribution in [0.1, 0.15) is 37.2 Å². The molecule has 1 saturated heterocycles. The zero-order valence-electron chi connectivity index (χ0n) is 17.0. The number of amides is 1. The van der Waals surface area contributed by atoms with Gasteiger partial charge < -0.3 is 14.2 Å². The van der Waals surface area contributed by atoms with Crippen molar-refractivity contribution in [1.82, 2.24) is 14.5 Å². The van der Waals surface area contributed by atoms with Crippen LogP contribution in [0.2, 0.25) is 10.0 Å². The maximum absolute atomic E-state index is 13.5. The van der Waals surface area contributed by atoms with Crippen molar-refractivity contribution in [3.8, 4) is 0 Å². The Labute approximate surface area is 186 Å². The number of hydrogen-bond acceptors (Lipinski definition) is 3. The molecule has 1 aromatic heterocycles. The zero-order chi connectivity index (χ0) is 21.1. The number of halogens is 2. The van der Waals surface area contributed by atoms with E-state index in [1.54, 1.807) is 0 Å². The number of imidazole rings is 1. The molecule has 30 heavy (non-hydrogen) atoms. The van der Waals surface area contributed by atoms with E-state index in [0.717, 1.165) is 35.3 Å². The number of para-hydroxylation sites is 2. The highest BCUT2D eigenvalue weighted by Crippen LogP contribution is 2.31. The monoisotopic (exact) mass is 445 g/mol. The molecule has 1 aliphatic heterocycles. The van der Waals surface area contributed by atoms with Gasteiger partial charge in [-0.25, -0.2) is 4.98 Å². The Morgan fingerprint density at radius 3 is 2.50 bits per heavy atom. The average Bonchev–Trinajstić information content (AvgIpc) is 3.12. The molecule has 0 radical (unpaired) electrons. The van der Waals surface area contributed by atoms with E-state index in [1.807, 2.05) is 47.4 Å². The van der Waals surface area contributed by atoms with Gasteiger partial charge in [-0.05, 0) is 36.2 Å². The molecule has 0 bridgehead atoms. The van der Waals surface area contributed by atoms with Crippen LogP contribution in [-0.2, 0) is 16.0 Å². The van der Waals surface area contributed by atoms with Crippen LogP contribution >= 0.6 is 23.2 Å². The molecule has 158 valence electrons. The summed E-state index contributed by atoms with van der Waals surface area (Å²) in [5.74, 6) is 0.918. The summed E-state index contributed by atoms with van der Waals surface area (Å²) in [6.45, 7) is 4.51. The van der Waals surface area contributed by atoms with Gasteiger partial charge in [0.05, 0.1) is 24.2 Å². The van der Waals surface area contributed by atoms with Crippen LogP contribution in [0.5, 0.6) is 0 Å². The van der Waals surface area contributed by atoms with Gasteiger partial charge >= 0.3 is 0 Å². The van der Waals surface area contributed by atoms with Crippen LogP contribution in [0.4, 0.5) is 0 Å². The highest BCUT2D eigenvalue weighted by molar-refractivity contribution is 6.36. The molecule has 2 heterocycles. The highest BCUT2D eigenvalue weighted by atomic mass is 35.5. The first-order valence-corrected chi connectivity index (χ1v) is 11.1. The number of aromatic nitrogens is 2. The predicted molar refractivity (Wildman–Crippen MR) is 120 cm³/mol. The van der Waals surface area contributed by atoms with Crippen LogP contribution in [0.25, 0.3) is 11.0 Å². The predicted octanol–water partition coefficient (Wildman–Crippen LogP) is 5.13. The lowest BCUT2D eigenvalue weighted by Crippen LogP contribution is -2.44. The zero-order valence-corrected chi connectivity index (χ0v) is 18.5. The average molecular weight is 446 g/mol. The Morgan fingerprint density at radius 1 is 1.10 bits per heavy atom. The Bertz CT molecular complexity index is 1020. The molecule has 7 heteroatoms. The molecule has 1 amide bonds. The smallest absolute Gasteiger partial charge is 0.245 e. The van der Waals surface area contributed by atoms with E-state index in [-0.39, 0.29) is 11.9 Å². The summed E-state index contributed by atoms with van der Waals surface area (Å²) >= 11 is 12.9. The van der Waals surface area contributed by atoms with Gasteiger partial charge in [0.1, 0.15) is 11.9 Å². The number of ether oxygens (including phenoxy) is 1. The minimum atomic E-state index is -0.322. The van der Waals surface area contributed by atoms with E-state index >= 15 is 0 Å². The molecule has 1 atom stereocenters. The molecule has 0 spiro atoms. The summed E-state index contributed by atoms with van der Waals surface area (Å²) in [6.07, 6.45) is 2.09. The third-order valence-electron chi connectivity index (χ3n) is 5.55. The van der Waals surface area contributed by atoms with E-state index in [1.165, 1.54) is 0 Å². The molecule has 0 N–H and O–H groups in total. The third kappa shape index (κ3) is 4.20. The van der Waals surface area contributed by atoms with Crippen molar-refractivity contribution in [2.75, 3.05) is 26.3 Å². The van der Waals surface area contributed by atoms with Gasteiger partial charge in [0.2, 0.25) is 5.91 Å². The van der Waals surface area contributed by atoms with Crippen LogP contribution in [-0.4, -0.2) is 46.7 Å². The van der Waals surface area contributed by atoms with Crippen molar-refractivity contribution in [2.24, 2.45) is 0 Å². The van der Waals surface area contributed by atoms with Gasteiger partial charge in [-0.1, -0.05) is 54.7 Å². The van der Waals surface area contributed by atoms with Crippen molar-refractivity contribution in [1.29, 1.82) is 0 Å². The molecule has 4 rings (SSSR count). The Kier molecular flexibility index (Phi) is 6.61. The van der Waals surface area contributed by atoms with Crippen LogP contribution in [0.15, 0.2) is 42.5 Å². The van der Waals surface area contributed by atoms with E-state index < -0.39 is 0 Å². The second kappa shape index (κ2) is 9.38.